The van der Waals surface area contributed by atoms with Crippen molar-refractivity contribution >= 4 is 11.6 Å². The van der Waals surface area contributed by atoms with E-state index in [0.717, 1.165) is 36.9 Å². The maximum Gasteiger partial charge on any atom is 0.119 e. The van der Waals surface area contributed by atoms with E-state index < -0.39 is 0 Å². The van der Waals surface area contributed by atoms with Crippen LogP contribution in [0.25, 0.3) is 0 Å². The van der Waals surface area contributed by atoms with E-state index in [-0.39, 0.29) is 0 Å². The molecule has 1 aromatic carbocycles. The zero-order valence-electron chi connectivity index (χ0n) is 9.84. The molecule has 0 aliphatic carbocycles. The number of ether oxygens (including phenoxy) is 1. The molecule has 0 saturated carbocycles. The van der Waals surface area contributed by atoms with Gasteiger partial charge in [-0.1, -0.05) is 24.9 Å². The number of rotatable bonds is 8. The highest BCUT2D eigenvalue weighted by Gasteiger charge is 1.93. The first-order chi connectivity index (χ1) is 7.83. The highest BCUT2D eigenvalue weighted by Crippen LogP contribution is 2.15. The predicted octanol–water partition coefficient (Wildman–Crippen LogP) is 3.50. The summed E-state index contributed by atoms with van der Waals surface area (Å²) in [5, 5.41) is 4.12. The summed E-state index contributed by atoms with van der Waals surface area (Å²) < 4.78 is 5.57. The van der Waals surface area contributed by atoms with Gasteiger partial charge in [-0.2, -0.15) is 0 Å². The minimum atomic E-state index is 0.744. The van der Waals surface area contributed by atoms with E-state index in [0.29, 0.717) is 0 Å². The van der Waals surface area contributed by atoms with Gasteiger partial charge in [0, 0.05) is 5.02 Å². The first-order valence-corrected chi connectivity index (χ1v) is 6.30. The van der Waals surface area contributed by atoms with Gasteiger partial charge >= 0.3 is 0 Å². The number of unbranched alkanes of at least 4 members (excludes halogenated alkanes) is 1. The van der Waals surface area contributed by atoms with Gasteiger partial charge in [0.2, 0.25) is 0 Å². The van der Waals surface area contributed by atoms with Crippen LogP contribution in [0.1, 0.15) is 26.2 Å². The van der Waals surface area contributed by atoms with Crippen LogP contribution in [0, 0.1) is 0 Å². The van der Waals surface area contributed by atoms with E-state index in [1.165, 1.54) is 12.8 Å². The molecule has 0 bridgehead atoms. The van der Waals surface area contributed by atoms with Crippen LogP contribution in [0.5, 0.6) is 5.75 Å². The van der Waals surface area contributed by atoms with Gasteiger partial charge in [-0.15, -0.1) is 0 Å². The quantitative estimate of drug-likeness (QED) is 0.704. The Kier molecular flexibility index (Phi) is 7.02. The number of hydrogen-bond acceptors (Lipinski definition) is 2. The highest BCUT2D eigenvalue weighted by atomic mass is 35.5. The second kappa shape index (κ2) is 8.43. The van der Waals surface area contributed by atoms with Gasteiger partial charge in [-0.05, 0) is 50.2 Å². The Bertz CT molecular complexity index is 274. The Morgan fingerprint density at radius 2 is 1.81 bits per heavy atom. The Morgan fingerprint density at radius 1 is 1.12 bits per heavy atom. The van der Waals surface area contributed by atoms with Gasteiger partial charge < -0.3 is 10.1 Å². The molecule has 0 fully saturated rings. The van der Waals surface area contributed by atoms with Gasteiger partial charge in [0.15, 0.2) is 0 Å². The number of nitrogens with one attached hydrogen (secondary N) is 1. The molecule has 1 N–H and O–H groups in total. The minimum Gasteiger partial charge on any atom is -0.494 e. The van der Waals surface area contributed by atoms with Crippen LogP contribution in [-0.2, 0) is 0 Å². The van der Waals surface area contributed by atoms with Crippen molar-refractivity contribution in [1.29, 1.82) is 0 Å². The van der Waals surface area contributed by atoms with E-state index in [2.05, 4.69) is 12.2 Å². The second-order valence-electron chi connectivity index (χ2n) is 3.76. The zero-order valence-corrected chi connectivity index (χ0v) is 10.6. The van der Waals surface area contributed by atoms with Gasteiger partial charge in [-0.25, -0.2) is 0 Å². The number of halogens is 1. The molecule has 0 heterocycles. The van der Waals surface area contributed by atoms with Crippen LogP contribution in [-0.4, -0.2) is 19.7 Å². The maximum absolute atomic E-state index is 5.78. The van der Waals surface area contributed by atoms with Crippen LogP contribution in [0.15, 0.2) is 24.3 Å². The van der Waals surface area contributed by atoms with Crippen molar-refractivity contribution in [3.05, 3.63) is 29.3 Å². The lowest BCUT2D eigenvalue weighted by molar-refractivity contribution is 0.308. The van der Waals surface area contributed by atoms with Gasteiger partial charge in [0.05, 0.1) is 6.61 Å². The fraction of sp³-hybridized carbons (Fsp3) is 0.538. The lowest BCUT2D eigenvalue weighted by Crippen LogP contribution is -2.18. The van der Waals surface area contributed by atoms with E-state index >= 15 is 0 Å². The van der Waals surface area contributed by atoms with Crippen molar-refractivity contribution < 1.29 is 4.74 Å². The van der Waals surface area contributed by atoms with Crippen LogP contribution >= 0.6 is 11.6 Å². The zero-order chi connectivity index (χ0) is 11.6. The van der Waals surface area contributed by atoms with Crippen molar-refractivity contribution in [2.45, 2.75) is 26.2 Å². The first-order valence-electron chi connectivity index (χ1n) is 5.92. The van der Waals surface area contributed by atoms with Crippen molar-refractivity contribution in [2.75, 3.05) is 19.7 Å². The third kappa shape index (κ3) is 5.99. The number of benzene rings is 1. The molecule has 0 unspecified atom stereocenters. The Hall–Kier alpha value is -0.730. The van der Waals surface area contributed by atoms with Crippen molar-refractivity contribution in [3.63, 3.8) is 0 Å². The molecule has 0 aliphatic rings. The van der Waals surface area contributed by atoms with Gasteiger partial charge in [0.25, 0.3) is 0 Å². The summed E-state index contributed by atoms with van der Waals surface area (Å²) in [6.45, 7) is 5.08. The average molecular weight is 242 g/mol. The fourth-order valence-corrected chi connectivity index (χ4v) is 1.47. The Morgan fingerprint density at radius 3 is 2.50 bits per heavy atom. The molecular formula is C13H20ClNO. The summed E-state index contributed by atoms with van der Waals surface area (Å²) in [6.07, 6.45) is 3.53. The Balaban J connectivity index is 2.01. The summed E-state index contributed by atoms with van der Waals surface area (Å²) in [7, 11) is 0. The molecule has 0 radical (unpaired) electrons. The summed E-state index contributed by atoms with van der Waals surface area (Å²) in [5.74, 6) is 0.887. The second-order valence-corrected chi connectivity index (χ2v) is 4.20. The molecule has 0 atom stereocenters. The van der Waals surface area contributed by atoms with Crippen LogP contribution in [0.4, 0.5) is 0 Å². The van der Waals surface area contributed by atoms with E-state index in [9.17, 15) is 0 Å². The lowest BCUT2D eigenvalue weighted by Gasteiger charge is -2.06. The molecule has 2 nitrogen and oxygen atoms in total. The molecule has 0 aromatic heterocycles. The third-order valence-corrected chi connectivity index (χ3v) is 2.54. The molecule has 0 aliphatic heterocycles. The molecule has 16 heavy (non-hydrogen) atoms. The fourth-order valence-electron chi connectivity index (χ4n) is 1.34. The molecule has 90 valence electrons. The molecule has 0 amide bonds. The first kappa shape index (κ1) is 13.3. The normalized spacial score (nSPS) is 10.4. The molecule has 1 aromatic rings. The minimum absolute atomic E-state index is 0.744. The van der Waals surface area contributed by atoms with Crippen LogP contribution in [0.2, 0.25) is 5.02 Å². The molecule has 3 heteroatoms. The van der Waals surface area contributed by atoms with Crippen molar-refractivity contribution in [3.8, 4) is 5.75 Å². The highest BCUT2D eigenvalue weighted by molar-refractivity contribution is 6.30. The van der Waals surface area contributed by atoms with Gasteiger partial charge in [-0.3, -0.25) is 0 Å². The predicted molar refractivity (Wildman–Crippen MR) is 69.3 cm³/mol. The average Bonchev–Trinajstić information content (AvgIpc) is 2.30. The summed E-state index contributed by atoms with van der Waals surface area (Å²) >= 11 is 5.78. The molecule has 1 rings (SSSR count). The maximum atomic E-state index is 5.78. The summed E-state index contributed by atoms with van der Waals surface area (Å²) in [5.41, 5.74) is 0. The summed E-state index contributed by atoms with van der Waals surface area (Å²) in [6, 6.07) is 7.48. The van der Waals surface area contributed by atoms with Crippen molar-refractivity contribution in [1.82, 2.24) is 5.32 Å². The monoisotopic (exact) mass is 241 g/mol. The van der Waals surface area contributed by atoms with Crippen molar-refractivity contribution in [2.24, 2.45) is 0 Å². The standard InChI is InChI=1S/C13H20ClNO/c1-2-3-9-15-10-4-11-16-13-7-5-12(14)6-8-13/h5-8,15H,2-4,9-11H2,1H3. The Labute approximate surface area is 103 Å². The van der Waals surface area contributed by atoms with Gasteiger partial charge in [0.1, 0.15) is 5.75 Å². The smallest absolute Gasteiger partial charge is 0.119 e. The van der Waals surface area contributed by atoms with Crippen LogP contribution in [0.3, 0.4) is 0 Å². The molecule has 0 spiro atoms. The molecule has 0 saturated heterocycles. The van der Waals surface area contributed by atoms with E-state index in [1.54, 1.807) is 0 Å². The largest absolute Gasteiger partial charge is 0.494 e. The SMILES string of the molecule is CCCCNCCCOc1ccc(Cl)cc1. The lowest BCUT2D eigenvalue weighted by atomic mass is 10.3. The molecular weight excluding hydrogens is 222 g/mol. The third-order valence-electron chi connectivity index (χ3n) is 2.29. The van der Waals surface area contributed by atoms with E-state index in [1.807, 2.05) is 24.3 Å². The topological polar surface area (TPSA) is 21.3 Å². The van der Waals surface area contributed by atoms with Crippen LogP contribution < -0.4 is 10.1 Å². The number of hydrogen-bond donors (Lipinski definition) is 1. The van der Waals surface area contributed by atoms with E-state index in [4.69, 9.17) is 16.3 Å². The summed E-state index contributed by atoms with van der Waals surface area (Å²) in [4.78, 5) is 0.